The van der Waals surface area contributed by atoms with E-state index in [1.807, 2.05) is 19.3 Å². The second-order valence-corrected chi connectivity index (χ2v) is 8.04. The van der Waals surface area contributed by atoms with Gasteiger partial charge in [-0.15, -0.1) is 0 Å². The Labute approximate surface area is 166 Å². The Bertz CT molecular complexity index is 796. The van der Waals surface area contributed by atoms with Gasteiger partial charge in [0.15, 0.2) is 0 Å². The highest BCUT2D eigenvalue weighted by atomic mass is 16.5. The largest absolute Gasteiger partial charge is 0.460 e. The van der Waals surface area contributed by atoms with E-state index < -0.39 is 0 Å². The predicted molar refractivity (Wildman–Crippen MR) is 109 cm³/mol. The number of anilines is 1. The molecule has 2 fully saturated rings. The van der Waals surface area contributed by atoms with Crippen LogP contribution in [0.15, 0.2) is 36.7 Å². The summed E-state index contributed by atoms with van der Waals surface area (Å²) >= 11 is 0. The van der Waals surface area contributed by atoms with Crippen molar-refractivity contribution in [3.05, 3.63) is 47.8 Å². The van der Waals surface area contributed by atoms with Crippen LogP contribution in [0.3, 0.4) is 0 Å². The van der Waals surface area contributed by atoms with Crippen molar-refractivity contribution in [1.82, 2.24) is 15.3 Å². The lowest BCUT2D eigenvalue weighted by Crippen LogP contribution is -2.45. The average Bonchev–Trinajstić information content (AvgIpc) is 2.59. The van der Waals surface area contributed by atoms with Crippen LogP contribution in [0.25, 0.3) is 0 Å². The molecule has 1 N–H and O–H groups in total. The van der Waals surface area contributed by atoms with Gasteiger partial charge < -0.3 is 15.0 Å². The lowest BCUT2D eigenvalue weighted by atomic mass is 9.90. The van der Waals surface area contributed by atoms with Crippen molar-refractivity contribution in [2.24, 2.45) is 0 Å². The van der Waals surface area contributed by atoms with E-state index >= 15 is 0 Å². The number of nitrogens with zero attached hydrogens (tertiary/aromatic N) is 3. The number of aromatic nitrogens is 2. The SMILES string of the molecule is CC(=O)NC(C)Cc1ccc(C2CN(c3cnc(OC4CCC4)nc3)C2)cc1. The van der Waals surface area contributed by atoms with Gasteiger partial charge >= 0.3 is 6.01 Å². The Morgan fingerprint density at radius 1 is 1.21 bits per heavy atom. The Kier molecular flexibility index (Phi) is 5.46. The summed E-state index contributed by atoms with van der Waals surface area (Å²) in [6.45, 7) is 5.55. The van der Waals surface area contributed by atoms with E-state index in [9.17, 15) is 4.79 Å². The summed E-state index contributed by atoms with van der Waals surface area (Å²) in [6, 6.07) is 9.42. The molecule has 2 heterocycles. The van der Waals surface area contributed by atoms with Crippen LogP contribution in [0, 0.1) is 0 Å². The number of carbonyl (C=O) groups excluding carboxylic acids is 1. The van der Waals surface area contributed by atoms with Crippen LogP contribution in [-0.2, 0) is 11.2 Å². The summed E-state index contributed by atoms with van der Waals surface area (Å²) in [5.41, 5.74) is 3.66. The number of carbonyl (C=O) groups is 1. The molecular weight excluding hydrogens is 352 g/mol. The minimum atomic E-state index is 0.0188. The maximum atomic E-state index is 11.1. The van der Waals surface area contributed by atoms with Gasteiger partial charge in [-0.3, -0.25) is 4.79 Å². The van der Waals surface area contributed by atoms with Crippen LogP contribution in [0.1, 0.15) is 50.2 Å². The fourth-order valence-corrected chi connectivity index (χ4v) is 3.75. The van der Waals surface area contributed by atoms with Crippen molar-refractivity contribution >= 4 is 11.6 Å². The van der Waals surface area contributed by atoms with Gasteiger partial charge in [0.1, 0.15) is 6.10 Å². The molecule has 0 radical (unpaired) electrons. The third kappa shape index (κ3) is 4.43. The standard InChI is InChI=1S/C22H28N4O2/c1-15(25-16(2)27)10-17-6-8-18(9-7-17)19-13-26(14-19)20-11-23-22(24-12-20)28-21-4-3-5-21/h6-9,11-12,15,19,21H,3-5,10,13-14H2,1-2H3,(H,25,27). The molecule has 2 aliphatic rings. The lowest BCUT2D eigenvalue weighted by Gasteiger charge is -2.41. The van der Waals surface area contributed by atoms with Crippen LogP contribution in [-0.4, -0.2) is 41.1 Å². The molecule has 28 heavy (non-hydrogen) atoms. The highest BCUT2D eigenvalue weighted by Crippen LogP contribution is 2.31. The summed E-state index contributed by atoms with van der Waals surface area (Å²) in [5.74, 6) is 0.554. The second kappa shape index (κ2) is 8.17. The summed E-state index contributed by atoms with van der Waals surface area (Å²) in [5, 5.41) is 2.93. The van der Waals surface area contributed by atoms with Crippen molar-refractivity contribution in [2.45, 2.75) is 57.6 Å². The molecule has 6 heteroatoms. The van der Waals surface area contributed by atoms with Gasteiger partial charge in [-0.2, -0.15) is 0 Å². The monoisotopic (exact) mass is 380 g/mol. The van der Waals surface area contributed by atoms with Crippen molar-refractivity contribution in [2.75, 3.05) is 18.0 Å². The van der Waals surface area contributed by atoms with Crippen molar-refractivity contribution < 1.29 is 9.53 Å². The van der Waals surface area contributed by atoms with E-state index in [2.05, 4.69) is 44.5 Å². The number of ether oxygens (including phenoxy) is 1. The minimum Gasteiger partial charge on any atom is -0.460 e. The van der Waals surface area contributed by atoms with E-state index in [-0.39, 0.29) is 11.9 Å². The topological polar surface area (TPSA) is 67.4 Å². The van der Waals surface area contributed by atoms with E-state index in [1.54, 1.807) is 6.92 Å². The first-order valence-corrected chi connectivity index (χ1v) is 10.2. The van der Waals surface area contributed by atoms with Crippen LogP contribution in [0.2, 0.25) is 0 Å². The molecule has 0 bridgehead atoms. The zero-order chi connectivity index (χ0) is 19.5. The zero-order valence-electron chi connectivity index (χ0n) is 16.6. The van der Waals surface area contributed by atoms with E-state index in [1.165, 1.54) is 17.5 Å². The van der Waals surface area contributed by atoms with Gasteiger partial charge in [-0.25, -0.2) is 9.97 Å². The minimum absolute atomic E-state index is 0.0188. The van der Waals surface area contributed by atoms with Crippen molar-refractivity contribution in [3.8, 4) is 6.01 Å². The third-order valence-electron chi connectivity index (χ3n) is 5.63. The maximum absolute atomic E-state index is 11.1. The third-order valence-corrected chi connectivity index (χ3v) is 5.63. The number of hydrogen-bond donors (Lipinski definition) is 1. The molecule has 1 saturated carbocycles. The molecule has 2 aromatic rings. The normalized spacial score (nSPS) is 18.1. The predicted octanol–water partition coefficient (Wildman–Crippen LogP) is 3.08. The number of rotatable bonds is 7. The first kappa shape index (κ1) is 18.7. The van der Waals surface area contributed by atoms with Gasteiger partial charge in [0.05, 0.1) is 18.1 Å². The smallest absolute Gasteiger partial charge is 0.316 e. The first-order valence-electron chi connectivity index (χ1n) is 10.2. The molecule has 1 amide bonds. The van der Waals surface area contributed by atoms with Gasteiger partial charge in [-0.1, -0.05) is 24.3 Å². The Morgan fingerprint density at radius 3 is 2.46 bits per heavy atom. The van der Waals surface area contributed by atoms with E-state index in [4.69, 9.17) is 4.74 Å². The van der Waals surface area contributed by atoms with E-state index in [0.717, 1.165) is 38.0 Å². The molecule has 1 aromatic carbocycles. The molecule has 1 aromatic heterocycles. The lowest BCUT2D eigenvalue weighted by molar-refractivity contribution is -0.119. The fraction of sp³-hybridized carbons (Fsp3) is 0.500. The summed E-state index contributed by atoms with van der Waals surface area (Å²) < 4.78 is 5.72. The van der Waals surface area contributed by atoms with Gasteiger partial charge in [0.25, 0.3) is 0 Å². The molecule has 1 saturated heterocycles. The Balaban J connectivity index is 1.27. The highest BCUT2D eigenvalue weighted by Gasteiger charge is 2.29. The summed E-state index contributed by atoms with van der Waals surface area (Å²) in [4.78, 5) is 22.1. The highest BCUT2D eigenvalue weighted by molar-refractivity contribution is 5.73. The fourth-order valence-electron chi connectivity index (χ4n) is 3.75. The molecule has 1 unspecified atom stereocenters. The van der Waals surface area contributed by atoms with Crippen LogP contribution < -0.4 is 15.0 Å². The molecule has 6 nitrogen and oxygen atoms in total. The van der Waals surface area contributed by atoms with Crippen LogP contribution >= 0.6 is 0 Å². The number of benzene rings is 1. The molecule has 1 aliphatic carbocycles. The summed E-state index contributed by atoms with van der Waals surface area (Å²) in [6.07, 6.45) is 8.36. The molecule has 148 valence electrons. The number of hydrogen-bond acceptors (Lipinski definition) is 5. The molecule has 0 spiro atoms. The van der Waals surface area contributed by atoms with Crippen molar-refractivity contribution in [1.29, 1.82) is 0 Å². The second-order valence-electron chi connectivity index (χ2n) is 8.04. The first-order chi connectivity index (χ1) is 13.6. The zero-order valence-corrected chi connectivity index (χ0v) is 16.6. The van der Waals surface area contributed by atoms with Crippen LogP contribution in [0.4, 0.5) is 5.69 Å². The van der Waals surface area contributed by atoms with Gasteiger partial charge in [-0.05, 0) is 43.7 Å². The molecular formula is C22H28N4O2. The van der Waals surface area contributed by atoms with Gasteiger partial charge in [0, 0.05) is 32.0 Å². The number of nitrogens with one attached hydrogen (secondary N) is 1. The van der Waals surface area contributed by atoms with E-state index in [0.29, 0.717) is 18.0 Å². The molecule has 4 rings (SSSR count). The number of amides is 1. The maximum Gasteiger partial charge on any atom is 0.316 e. The average molecular weight is 380 g/mol. The Morgan fingerprint density at radius 2 is 1.89 bits per heavy atom. The quantitative estimate of drug-likeness (QED) is 0.800. The molecule has 1 aliphatic heterocycles. The van der Waals surface area contributed by atoms with Gasteiger partial charge in [0.2, 0.25) is 5.91 Å². The molecule has 1 atom stereocenters. The summed E-state index contributed by atoms with van der Waals surface area (Å²) in [7, 11) is 0. The Hall–Kier alpha value is -2.63. The van der Waals surface area contributed by atoms with Crippen molar-refractivity contribution in [3.63, 3.8) is 0 Å². The van der Waals surface area contributed by atoms with Crippen LogP contribution in [0.5, 0.6) is 6.01 Å².